The summed E-state index contributed by atoms with van der Waals surface area (Å²) in [4.78, 5) is 16.8. The van der Waals surface area contributed by atoms with Gasteiger partial charge < -0.3 is 15.1 Å². The Bertz CT molecular complexity index is 1330. The molecule has 0 saturated carbocycles. The molecule has 1 amide bonds. The summed E-state index contributed by atoms with van der Waals surface area (Å²) < 4.78 is 50.6. The maximum Gasteiger partial charge on any atom is 0.237 e. The lowest BCUT2D eigenvalue weighted by molar-refractivity contribution is -0.134. The van der Waals surface area contributed by atoms with E-state index in [1.807, 2.05) is 54.4 Å². The number of nitrogens with zero attached hydrogens (tertiary/aromatic N) is 3. The van der Waals surface area contributed by atoms with Crippen molar-refractivity contribution in [1.29, 1.82) is 0 Å². The first-order valence-corrected chi connectivity index (χ1v) is 17.8. The van der Waals surface area contributed by atoms with Gasteiger partial charge >= 0.3 is 0 Å². The molecule has 1 atom stereocenters. The molecule has 1 heterocycles. The fourth-order valence-electron chi connectivity index (χ4n) is 4.97. The van der Waals surface area contributed by atoms with Crippen LogP contribution < -0.4 is 5.32 Å². The molecule has 1 unspecified atom stereocenters. The van der Waals surface area contributed by atoms with E-state index in [9.17, 15) is 21.6 Å². The van der Waals surface area contributed by atoms with Gasteiger partial charge in [0.2, 0.25) is 15.9 Å². The summed E-state index contributed by atoms with van der Waals surface area (Å²) in [6, 6.07) is 17.0. The number of carbonyl (C=O) groups is 1. The van der Waals surface area contributed by atoms with Gasteiger partial charge in [-0.1, -0.05) is 49.4 Å². The highest BCUT2D eigenvalue weighted by atomic mass is 32.2. The zero-order valence-electron chi connectivity index (χ0n) is 24.9. The van der Waals surface area contributed by atoms with Crippen molar-refractivity contribution in [3.05, 3.63) is 65.7 Å². The fraction of sp³-hybridized carbons (Fsp3) is 0.567. The van der Waals surface area contributed by atoms with Crippen molar-refractivity contribution >= 4 is 25.8 Å². The lowest BCUT2D eigenvalue weighted by atomic mass is 9.90. The lowest BCUT2D eigenvalue weighted by Gasteiger charge is -2.34. The standard InChI is InChI=1S/C30H46N4O5S2/c1-5-30(2,23-26-13-15-28(16-14-26)40(4,36)37)31-17-9-10-18-33-19-20-34(25-29(33)35)41(38,39)22-21-32(3)24-27-11-7-6-8-12-27/h6-8,11-16,31H,5,9-10,17-25H2,1-4H3. The summed E-state index contributed by atoms with van der Waals surface area (Å²) in [7, 11) is -4.81. The van der Waals surface area contributed by atoms with Crippen molar-refractivity contribution in [2.24, 2.45) is 0 Å². The van der Waals surface area contributed by atoms with E-state index in [0.717, 1.165) is 43.4 Å². The summed E-state index contributed by atoms with van der Waals surface area (Å²) in [6.07, 6.45) is 4.63. The monoisotopic (exact) mass is 606 g/mol. The first-order chi connectivity index (χ1) is 19.3. The van der Waals surface area contributed by atoms with Crippen molar-refractivity contribution in [3.63, 3.8) is 0 Å². The predicted molar refractivity (Wildman–Crippen MR) is 164 cm³/mol. The van der Waals surface area contributed by atoms with Crippen LogP contribution in [-0.2, 0) is 37.6 Å². The number of benzene rings is 2. The summed E-state index contributed by atoms with van der Waals surface area (Å²) in [6.45, 7) is 7.45. The topological polar surface area (TPSA) is 107 Å². The molecule has 0 spiro atoms. The molecule has 0 aromatic heterocycles. The summed E-state index contributed by atoms with van der Waals surface area (Å²) >= 11 is 0. The van der Waals surface area contributed by atoms with Crippen LogP contribution in [0, 0.1) is 0 Å². The van der Waals surface area contributed by atoms with Crippen molar-refractivity contribution in [3.8, 4) is 0 Å². The molecule has 2 aromatic carbocycles. The van der Waals surface area contributed by atoms with Gasteiger partial charge in [-0.3, -0.25) is 4.79 Å². The largest absolute Gasteiger partial charge is 0.340 e. The van der Waals surface area contributed by atoms with Crippen LogP contribution in [-0.4, -0.2) is 101 Å². The molecule has 11 heteroatoms. The van der Waals surface area contributed by atoms with Crippen molar-refractivity contribution < 1.29 is 21.6 Å². The molecule has 0 bridgehead atoms. The number of hydrogen-bond donors (Lipinski definition) is 1. The summed E-state index contributed by atoms with van der Waals surface area (Å²) in [5, 5.41) is 3.64. The highest BCUT2D eigenvalue weighted by Crippen LogP contribution is 2.19. The van der Waals surface area contributed by atoms with Gasteiger partial charge in [-0.15, -0.1) is 0 Å². The molecule has 1 saturated heterocycles. The van der Waals surface area contributed by atoms with E-state index < -0.39 is 19.9 Å². The van der Waals surface area contributed by atoms with E-state index in [1.165, 1.54) is 10.6 Å². The maximum atomic E-state index is 12.9. The summed E-state index contributed by atoms with van der Waals surface area (Å²) in [5.41, 5.74) is 2.08. The third-order valence-electron chi connectivity index (χ3n) is 7.84. The Morgan fingerprint density at radius 3 is 2.24 bits per heavy atom. The van der Waals surface area contributed by atoms with E-state index in [2.05, 4.69) is 19.2 Å². The third-order valence-corrected chi connectivity index (χ3v) is 10.8. The van der Waals surface area contributed by atoms with Crippen LogP contribution >= 0.6 is 0 Å². The molecular formula is C30H46N4O5S2. The lowest BCUT2D eigenvalue weighted by Crippen LogP contribution is -2.53. The van der Waals surface area contributed by atoms with Gasteiger partial charge in [0.25, 0.3) is 0 Å². The molecule has 0 aliphatic carbocycles. The smallest absolute Gasteiger partial charge is 0.237 e. The van der Waals surface area contributed by atoms with Crippen LogP contribution in [0.2, 0.25) is 0 Å². The number of hydrogen-bond acceptors (Lipinski definition) is 7. The van der Waals surface area contributed by atoms with Crippen LogP contribution in [0.1, 0.15) is 44.2 Å². The number of sulfonamides is 1. The van der Waals surface area contributed by atoms with Crippen molar-refractivity contribution in [2.75, 3.05) is 58.3 Å². The zero-order valence-corrected chi connectivity index (χ0v) is 26.5. The average Bonchev–Trinajstić information content (AvgIpc) is 2.93. The van der Waals surface area contributed by atoms with E-state index in [0.29, 0.717) is 37.6 Å². The van der Waals surface area contributed by atoms with E-state index in [-0.39, 0.29) is 23.7 Å². The third kappa shape index (κ3) is 10.5. The second kappa shape index (κ2) is 14.7. The van der Waals surface area contributed by atoms with Gasteiger partial charge in [-0.25, -0.2) is 16.8 Å². The molecule has 0 radical (unpaired) electrons. The van der Waals surface area contributed by atoms with E-state index in [1.54, 1.807) is 17.0 Å². The van der Waals surface area contributed by atoms with Gasteiger partial charge in [-0.2, -0.15) is 4.31 Å². The molecular weight excluding hydrogens is 560 g/mol. The Morgan fingerprint density at radius 2 is 1.63 bits per heavy atom. The fourth-order valence-corrected chi connectivity index (χ4v) is 7.07. The second-order valence-electron chi connectivity index (χ2n) is 11.4. The van der Waals surface area contributed by atoms with Crippen LogP contribution in [0.4, 0.5) is 0 Å². The first kappa shape index (κ1) is 33.2. The number of unbranched alkanes of at least 4 members (excludes halogenated alkanes) is 1. The highest BCUT2D eigenvalue weighted by Gasteiger charge is 2.31. The second-order valence-corrected chi connectivity index (χ2v) is 15.5. The zero-order chi connectivity index (χ0) is 30.1. The Labute approximate surface area is 246 Å². The number of amides is 1. The molecule has 2 aromatic rings. The highest BCUT2D eigenvalue weighted by molar-refractivity contribution is 7.90. The van der Waals surface area contributed by atoms with E-state index >= 15 is 0 Å². The normalized spacial score (nSPS) is 16.7. The Balaban J connectivity index is 1.37. The number of carbonyl (C=O) groups excluding carboxylic acids is 1. The molecule has 9 nitrogen and oxygen atoms in total. The molecule has 41 heavy (non-hydrogen) atoms. The van der Waals surface area contributed by atoms with Crippen molar-refractivity contribution in [2.45, 2.75) is 56.5 Å². The first-order valence-electron chi connectivity index (χ1n) is 14.3. The van der Waals surface area contributed by atoms with Gasteiger partial charge in [-0.05, 0) is 69.5 Å². The molecule has 3 rings (SSSR count). The number of piperazine rings is 1. The number of nitrogens with one attached hydrogen (secondary N) is 1. The van der Waals surface area contributed by atoms with E-state index in [4.69, 9.17) is 0 Å². The minimum absolute atomic E-state index is 0.00662. The van der Waals surface area contributed by atoms with Crippen LogP contribution in [0.5, 0.6) is 0 Å². The molecule has 1 aliphatic heterocycles. The number of rotatable bonds is 16. The number of sulfone groups is 1. The van der Waals surface area contributed by atoms with Gasteiger partial charge in [0.15, 0.2) is 9.84 Å². The minimum atomic E-state index is -3.51. The predicted octanol–water partition coefficient (Wildman–Crippen LogP) is 2.78. The molecule has 1 fully saturated rings. The molecule has 1 N–H and O–H groups in total. The summed E-state index contributed by atoms with van der Waals surface area (Å²) in [5.74, 6) is -0.144. The quantitative estimate of drug-likeness (QED) is 0.293. The Morgan fingerprint density at radius 1 is 0.951 bits per heavy atom. The van der Waals surface area contributed by atoms with Crippen LogP contribution in [0.25, 0.3) is 0 Å². The van der Waals surface area contributed by atoms with Crippen LogP contribution in [0.3, 0.4) is 0 Å². The van der Waals surface area contributed by atoms with Gasteiger partial charge in [0.1, 0.15) is 0 Å². The van der Waals surface area contributed by atoms with Gasteiger partial charge in [0.05, 0.1) is 17.2 Å². The SMILES string of the molecule is CCC(C)(Cc1ccc(S(C)(=O)=O)cc1)NCCCCN1CCN(S(=O)(=O)CCN(C)Cc2ccccc2)CC1=O. The minimum Gasteiger partial charge on any atom is -0.340 e. The molecule has 1 aliphatic rings. The van der Waals surface area contributed by atoms with Crippen LogP contribution in [0.15, 0.2) is 59.5 Å². The molecule has 228 valence electrons. The average molecular weight is 607 g/mol. The van der Waals surface area contributed by atoms with Crippen molar-refractivity contribution in [1.82, 2.24) is 19.4 Å². The van der Waals surface area contributed by atoms with Gasteiger partial charge in [0, 0.05) is 44.5 Å². The maximum absolute atomic E-state index is 12.9. The Hall–Kier alpha value is -2.31. The Kier molecular flexibility index (Phi) is 11.9.